The van der Waals surface area contributed by atoms with Crippen LogP contribution in [0.4, 0.5) is 18.9 Å². The molecule has 2 aromatic carbocycles. The Hall–Kier alpha value is -1.70. The SMILES string of the molecule is O=[N+]([O-])c1ccc(OC(F)(F)F)c(-c2ccc(Cl)c(Cl)c2Cl)c1. The number of hydrogen-bond acceptors (Lipinski definition) is 3. The molecular formula is C13H5Cl3F3NO3. The predicted octanol–water partition coefficient (Wildman–Crippen LogP) is 6.12. The van der Waals surface area contributed by atoms with Crippen molar-refractivity contribution in [3.63, 3.8) is 0 Å². The zero-order valence-corrected chi connectivity index (χ0v) is 13.1. The first-order valence-electron chi connectivity index (χ1n) is 5.78. The van der Waals surface area contributed by atoms with Gasteiger partial charge in [-0.1, -0.05) is 40.9 Å². The minimum Gasteiger partial charge on any atom is -0.405 e. The molecule has 2 aromatic rings. The van der Waals surface area contributed by atoms with E-state index in [1.807, 2.05) is 0 Å². The topological polar surface area (TPSA) is 52.4 Å². The van der Waals surface area contributed by atoms with Gasteiger partial charge in [-0.25, -0.2) is 0 Å². The summed E-state index contributed by atoms with van der Waals surface area (Å²) in [5, 5.41) is 10.7. The molecule has 4 nitrogen and oxygen atoms in total. The largest absolute Gasteiger partial charge is 0.573 e. The maximum Gasteiger partial charge on any atom is 0.573 e. The zero-order chi connectivity index (χ0) is 17.4. The number of ether oxygens (including phenoxy) is 1. The smallest absolute Gasteiger partial charge is 0.405 e. The Morgan fingerprint density at radius 2 is 1.65 bits per heavy atom. The Labute approximate surface area is 142 Å². The van der Waals surface area contributed by atoms with Crippen molar-refractivity contribution in [3.05, 3.63) is 55.5 Å². The van der Waals surface area contributed by atoms with E-state index in [1.54, 1.807) is 0 Å². The lowest BCUT2D eigenvalue weighted by Gasteiger charge is -2.15. The van der Waals surface area contributed by atoms with Crippen LogP contribution in [0.2, 0.25) is 15.1 Å². The lowest BCUT2D eigenvalue weighted by atomic mass is 10.0. The van der Waals surface area contributed by atoms with Crippen LogP contribution < -0.4 is 4.74 Å². The minimum absolute atomic E-state index is 0.0176. The third-order valence-corrected chi connectivity index (χ3v) is 4.02. The number of nitro groups is 1. The normalized spacial score (nSPS) is 11.4. The average molecular weight is 387 g/mol. The van der Waals surface area contributed by atoms with Crippen molar-refractivity contribution < 1.29 is 22.8 Å². The van der Waals surface area contributed by atoms with E-state index in [-0.39, 0.29) is 26.2 Å². The molecule has 0 saturated heterocycles. The van der Waals surface area contributed by atoms with Crippen LogP contribution in [0.25, 0.3) is 11.1 Å². The lowest BCUT2D eigenvalue weighted by molar-refractivity contribution is -0.384. The van der Waals surface area contributed by atoms with Crippen LogP contribution in [-0.2, 0) is 0 Å². The summed E-state index contributed by atoms with van der Waals surface area (Å²) in [4.78, 5) is 10.1. The summed E-state index contributed by atoms with van der Waals surface area (Å²) in [6.07, 6.45) is -4.98. The van der Waals surface area contributed by atoms with Crippen LogP contribution in [-0.4, -0.2) is 11.3 Å². The van der Waals surface area contributed by atoms with Crippen molar-refractivity contribution in [3.8, 4) is 16.9 Å². The molecule has 0 saturated carbocycles. The second-order valence-electron chi connectivity index (χ2n) is 4.21. The quantitative estimate of drug-likeness (QED) is 0.363. The molecule has 0 radical (unpaired) electrons. The van der Waals surface area contributed by atoms with Gasteiger partial charge in [-0.15, -0.1) is 13.2 Å². The number of nitrogens with zero attached hydrogens (tertiary/aromatic N) is 1. The van der Waals surface area contributed by atoms with Crippen molar-refractivity contribution in [1.82, 2.24) is 0 Å². The monoisotopic (exact) mass is 385 g/mol. The molecule has 0 bridgehead atoms. The van der Waals surface area contributed by atoms with E-state index in [4.69, 9.17) is 34.8 Å². The fourth-order valence-corrected chi connectivity index (χ4v) is 2.43. The molecular weight excluding hydrogens is 382 g/mol. The van der Waals surface area contributed by atoms with E-state index in [9.17, 15) is 23.3 Å². The molecule has 0 aliphatic rings. The van der Waals surface area contributed by atoms with E-state index < -0.39 is 22.7 Å². The Morgan fingerprint density at radius 1 is 1.00 bits per heavy atom. The highest BCUT2D eigenvalue weighted by Gasteiger charge is 2.33. The second kappa shape index (κ2) is 6.43. The van der Waals surface area contributed by atoms with Crippen molar-refractivity contribution in [2.45, 2.75) is 6.36 Å². The molecule has 0 spiro atoms. The van der Waals surface area contributed by atoms with E-state index in [0.29, 0.717) is 0 Å². The van der Waals surface area contributed by atoms with Gasteiger partial charge < -0.3 is 4.74 Å². The second-order valence-corrected chi connectivity index (χ2v) is 5.37. The maximum absolute atomic E-state index is 12.5. The van der Waals surface area contributed by atoms with E-state index >= 15 is 0 Å². The summed E-state index contributed by atoms with van der Waals surface area (Å²) in [6.45, 7) is 0. The van der Waals surface area contributed by atoms with Gasteiger partial charge in [0.25, 0.3) is 5.69 Å². The van der Waals surface area contributed by atoms with Gasteiger partial charge >= 0.3 is 6.36 Å². The van der Waals surface area contributed by atoms with Gasteiger partial charge in [0.15, 0.2) is 0 Å². The summed E-state index contributed by atoms with van der Waals surface area (Å²) in [5.41, 5.74) is -0.652. The number of benzene rings is 2. The minimum atomic E-state index is -4.98. The van der Waals surface area contributed by atoms with Crippen molar-refractivity contribution in [1.29, 1.82) is 0 Å². The third kappa shape index (κ3) is 3.99. The van der Waals surface area contributed by atoms with Crippen molar-refractivity contribution in [2.75, 3.05) is 0 Å². The van der Waals surface area contributed by atoms with Crippen LogP contribution in [0.1, 0.15) is 0 Å². The molecule has 122 valence electrons. The molecule has 0 aliphatic heterocycles. The summed E-state index contributed by atoms with van der Waals surface area (Å²) >= 11 is 17.6. The summed E-state index contributed by atoms with van der Waals surface area (Å²) in [7, 11) is 0. The highest BCUT2D eigenvalue weighted by atomic mass is 35.5. The first kappa shape index (κ1) is 17.7. The maximum atomic E-state index is 12.5. The number of halogens is 6. The summed E-state index contributed by atoms with van der Waals surface area (Å²) in [5.74, 6) is -0.650. The molecule has 0 aromatic heterocycles. The van der Waals surface area contributed by atoms with Crippen LogP contribution >= 0.6 is 34.8 Å². The average Bonchev–Trinajstić information content (AvgIpc) is 2.44. The van der Waals surface area contributed by atoms with Crippen LogP contribution in [0.3, 0.4) is 0 Å². The highest BCUT2D eigenvalue weighted by molar-refractivity contribution is 6.49. The zero-order valence-electron chi connectivity index (χ0n) is 10.8. The fraction of sp³-hybridized carbons (Fsp3) is 0.0769. The van der Waals surface area contributed by atoms with Gasteiger partial charge in [0.05, 0.1) is 20.0 Å². The molecule has 10 heteroatoms. The van der Waals surface area contributed by atoms with Crippen LogP contribution in [0.5, 0.6) is 5.75 Å². The highest BCUT2D eigenvalue weighted by Crippen LogP contribution is 2.43. The summed E-state index contributed by atoms with van der Waals surface area (Å²) < 4.78 is 41.4. The van der Waals surface area contributed by atoms with E-state index in [1.165, 1.54) is 12.1 Å². The first-order valence-corrected chi connectivity index (χ1v) is 6.91. The Bertz CT molecular complexity index is 781. The third-order valence-electron chi connectivity index (χ3n) is 2.73. The Kier molecular flexibility index (Phi) is 4.93. The van der Waals surface area contributed by atoms with E-state index in [2.05, 4.69) is 4.74 Å². The van der Waals surface area contributed by atoms with Crippen molar-refractivity contribution >= 4 is 40.5 Å². The van der Waals surface area contributed by atoms with Gasteiger partial charge in [0, 0.05) is 23.3 Å². The van der Waals surface area contributed by atoms with Gasteiger partial charge in [0.2, 0.25) is 0 Å². The number of nitro benzene ring substituents is 1. The molecule has 0 unspecified atom stereocenters. The van der Waals surface area contributed by atoms with Crippen LogP contribution in [0.15, 0.2) is 30.3 Å². The molecule has 0 N–H and O–H groups in total. The van der Waals surface area contributed by atoms with Gasteiger partial charge in [-0.3, -0.25) is 10.1 Å². The molecule has 2 rings (SSSR count). The molecule has 0 fully saturated rings. The molecule has 0 atom stereocenters. The number of non-ortho nitro benzene ring substituents is 1. The molecule has 23 heavy (non-hydrogen) atoms. The van der Waals surface area contributed by atoms with E-state index in [0.717, 1.165) is 18.2 Å². The predicted molar refractivity (Wildman–Crippen MR) is 80.2 cm³/mol. The van der Waals surface area contributed by atoms with Crippen LogP contribution in [0, 0.1) is 10.1 Å². The number of alkyl halides is 3. The van der Waals surface area contributed by atoms with Gasteiger partial charge in [-0.05, 0) is 12.1 Å². The lowest BCUT2D eigenvalue weighted by Crippen LogP contribution is -2.17. The summed E-state index contributed by atoms with van der Waals surface area (Å²) in [6, 6.07) is 5.22. The molecule has 0 heterocycles. The number of rotatable bonds is 3. The van der Waals surface area contributed by atoms with Gasteiger partial charge in [-0.2, -0.15) is 0 Å². The Morgan fingerprint density at radius 3 is 2.22 bits per heavy atom. The molecule has 0 aliphatic carbocycles. The Balaban J connectivity index is 2.69. The molecule has 0 amide bonds. The fourth-order valence-electron chi connectivity index (χ4n) is 1.79. The van der Waals surface area contributed by atoms with Crippen molar-refractivity contribution in [2.24, 2.45) is 0 Å². The first-order chi connectivity index (χ1) is 10.6. The number of hydrogen-bond donors (Lipinski definition) is 0. The van der Waals surface area contributed by atoms with Gasteiger partial charge in [0.1, 0.15) is 5.75 Å². The standard InChI is InChI=1S/C13H5Cl3F3NO3/c14-9-3-2-7(11(15)12(9)16)8-5-6(20(21)22)1-4-10(8)23-13(17,18)19/h1-5H.